The second-order valence-electron chi connectivity index (χ2n) is 5.65. The Bertz CT molecular complexity index is 591. The Morgan fingerprint density at radius 2 is 1.91 bits per heavy atom. The van der Waals surface area contributed by atoms with Gasteiger partial charge in [-0.15, -0.1) is 0 Å². The second-order valence-corrected chi connectivity index (χ2v) is 5.65. The topological polar surface area (TPSA) is 65.4 Å². The van der Waals surface area contributed by atoms with E-state index < -0.39 is 0 Å². The summed E-state index contributed by atoms with van der Waals surface area (Å²) < 4.78 is 5.61. The lowest BCUT2D eigenvalue weighted by atomic mass is 10.2. The van der Waals surface area contributed by atoms with Gasteiger partial charge >= 0.3 is 0 Å². The molecule has 0 aliphatic carbocycles. The van der Waals surface area contributed by atoms with Crippen LogP contribution in [0.3, 0.4) is 0 Å². The molecule has 22 heavy (non-hydrogen) atoms. The van der Waals surface area contributed by atoms with E-state index in [1.165, 1.54) is 6.20 Å². The minimum Gasteiger partial charge on any atom is -0.372 e. The molecular formula is C17H21N3O2. The molecule has 0 aromatic heterocycles. The fraction of sp³-hybridized carbons (Fsp3) is 0.412. The molecule has 0 spiro atoms. The monoisotopic (exact) mass is 299 g/mol. The van der Waals surface area contributed by atoms with Crippen LogP contribution in [0, 0.1) is 18.3 Å². The molecule has 5 nitrogen and oxygen atoms in total. The maximum absolute atomic E-state index is 12.4. The summed E-state index contributed by atoms with van der Waals surface area (Å²) >= 11 is 0. The summed E-state index contributed by atoms with van der Waals surface area (Å²) in [6.07, 6.45) is 1.44. The van der Waals surface area contributed by atoms with Crippen molar-refractivity contribution in [1.82, 2.24) is 4.90 Å². The number of aryl methyl sites for hydroxylation is 1. The fourth-order valence-electron chi connectivity index (χ4n) is 2.46. The largest absolute Gasteiger partial charge is 0.372 e. The van der Waals surface area contributed by atoms with Gasteiger partial charge in [0.25, 0.3) is 5.91 Å². The molecule has 2 unspecified atom stereocenters. The lowest BCUT2D eigenvalue weighted by Crippen LogP contribution is -2.48. The fourth-order valence-corrected chi connectivity index (χ4v) is 2.46. The number of benzene rings is 1. The molecule has 1 heterocycles. The van der Waals surface area contributed by atoms with Crippen molar-refractivity contribution in [2.45, 2.75) is 33.0 Å². The van der Waals surface area contributed by atoms with Crippen LogP contribution in [-0.4, -0.2) is 36.1 Å². The molecule has 0 radical (unpaired) electrons. The Hall–Kier alpha value is -2.32. The standard InChI is InChI=1S/C17H21N3O2/c1-12-4-6-16(7-5-12)19-9-15(8-18)17(21)20-10-13(2)22-14(3)11-20/h4-7,9,13-14,19H,10-11H2,1-3H3/b15-9-. The second kappa shape index (κ2) is 7.10. The highest BCUT2D eigenvalue weighted by Crippen LogP contribution is 2.14. The Kier molecular flexibility index (Phi) is 5.18. The highest BCUT2D eigenvalue weighted by atomic mass is 16.5. The number of nitrogens with zero attached hydrogens (tertiary/aromatic N) is 2. The molecule has 1 aliphatic rings. The highest BCUT2D eigenvalue weighted by Gasteiger charge is 2.27. The Morgan fingerprint density at radius 1 is 1.32 bits per heavy atom. The van der Waals surface area contributed by atoms with Crippen LogP contribution in [0.2, 0.25) is 0 Å². The van der Waals surface area contributed by atoms with Crippen molar-refractivity contribution in [3.05, 3.63) is 41.6 Å². The van der Waals surface area contributed by atoms with Gasteiger partial charge in [0, 0.05) is 25.0 Å². The van der Waals surface area contributed by atoms with Crippen molar-refractivity contribution < 1.29 is 9.53 Å². The molecular weight excluding hydrogens is 278 g/mol. The van der Waals surface area contributed by atoms with E-state index in [0.717, 1.165) is 11.3 Å². The van der Waals surface area contributed by atoms with Gasteiger partial charge in [0.15, 0.2) is 0 Å². The molecule has 2 atom stereocenters. The predicted molar refractivity (Wildman–Crippen MR) is 85.1 cm³/mol. The Labute approximate surface area is 131 Å². The smallest absolute Gasteiger partial charge is 0.266 e. The zero-order valence-corrected chi connectivity index (χ0v) is 13.2. The van der Waals surface area contributed by atoms with Crippen LogP contribution in [0.5, 0.6) is 0 Å². The maximum atomic E-state index is 12.4. The molecule has 1 aromatic carbocycles. The van der Waals surface area contributed by atoms with E-state index in [0.29, 0.717) is 13.1 Å². The summed E-state index contributed by atoms with van der Waals surface area (Å²) in [7, 11) is 0. The number of nitrogens with one attached hydrogen (secondary N) is 1. The lowest BCUT2D eigenvalue weighted by molar-refractivity contribution is -0.138. The third-order valence-electron chi connectivity index (χ3n) is 3.49. The van der Waals surface area contributed by atoms with Gasteiger partial charge in [0.1, 0.15) is 11.6 Å². The molecule has 1 aliphatic heterocycles. The Balaban J connectivity index is 2.06. The van der Waals surface area contributed by atoms with Crippen LogP contribution in [-0.2, 0) is 9.53 Å². The van der Waals surface area contributed by atoms with Gasteiger partial charge in [-0.2, -0.15) is 5.26 Å². The first kappa shape index (κ1) is 16.1. The quantitative estimate of drug-likeness (QED) is 0.688. The van der Waals surface area contributed by atoms with Gasteiger partial charge in [-0.1, -0.05) is 17.7 Å². The molecule has 0 saturated carbocycles. The third kappa shape index (κ3) is 4.09. The average Bonchev–Trinajstić information content (AvgIpc) is 2.48. The number of morpholine rings is 1. The van der Waals surface area contributed by atoms with E-state index in [1.807, 2.05) is 51.1 Å². The van der Waals surface area contributed by atoms with Crippen LogP contribution in [0.4, 0.5) is 5.69 Å². The first-order valence-electron chi connectivity index (χ1n) is 7.38. The first-order chi connectivity index (χ1) is 10.5. The van der Waals surface area contributed by atoms with E-state index in [-0.39, 0.29) is 23.7 Å². The number of rotatable bonds is 3. The van der Waals surface area contributed by atoms with E-state index in [2.05, 4.69) is 5.32 Å². The SMILES string of the molecule is Cc1ccc(N/C=C(/C#N)C(=O)N2CC(C)OC(C)C2)cc1. The minimum atomic E-state index is -0.260. The van der Waals surface area contributed by atoms with Crippen LogP contribution in [0.15, 0.2) is 36.0 Å². The van der Waals surface area contributed by atoms with Crippen molar-refractivity contribution in [1.29, 1.82) is 5.26 Å². The molecule has 2 rings (SSSR count). The zero-order chi connectivity index (χ0) is 16.1. The summed E-state index contributed by atoms with van der Waals surface area (Å²) in [6, 6.07) is 9.73. The third-order valence-corrected chi connectivity index (χ3v) is 3.49. The van der Waals surface area contributed by atoms with Crippen molar-refractivity contribution in [3.8, 4) is 6.07 Å². The number of ether oxygens (including phenoxy) is 1. The van der Waals surface area contributed by atoms with Crippen molar-refractivity contribution in [3.63, 3.8) is 0 Å². The van der Waals surface area contributed by atoms with Crippen molar-refractivity contribution in [2.75, 3.05) is 18.4 Å². The van der Waals surface area contributed by atoms with Crippen molar-refractivity contribution >= 4 is 11.6 Å². The van der Waals surface area contributed by atoms with Crippen LogP contribution in [0.1, 0.15) is 19.4 Å². The molecule has 1 amide bonds. The summed E-state index contributed by atoms with van der Waals surface area (Å²) in [5, 5.41) is 12.2. The predicted octanol–water partition coefficient (Wildman–Crippen LogP) is 2.45. The number of anilines is 1. The Morgan fingerprint density at radius 3 is 2.45 bits per heavy atom. The molecule has 0 bridgehead atoms. The lowest BCUT2D eigenvalue weighted by Gasteiger charge is -2.35. The molecule has 1 aromatic rings. The summed E-state index contributed by atoms with van der Waals surface area (Å²) in [4.78, 5) is 14.1. The zero-order valence-electron chi connectivity index (χ0n) is 13.2. The molecule has 1 saturated heterocycles. The summed E-state index contributed by atoms with van der Waals surface area (Å²) in [6.45, 7) is 6.87. The molecule has 5 heteroatoms. The number of hydrogen-bond acceptors (Lipinski definition) is 4. The van der Waals surface area contributed by atoms with Crippen LogP contribution < -0.4 is 5.32 Å². The van der Waals surface area contributed by atoms with Crippen LogP contribution >= 0.6 is 0 Å². The van der Waals surface area contributed by atoms with Gasteiger partial charge in [-0.25, -0.2) is 0 Å². The van der Waals surface area contributed by atoms with E-state index >= 15 is 0 Å². The molecule has 116 valence electrons. The average molecular weight is 299 g/mol. The number of carbonyl (C=O) groups excluding carboxylic acids is 1. The summed E-state index contributed by atoms with van der Waals surface area (Å²) in [5.41, 5.74) is 2.10. The van der Waals surface area contributed by atoms with Gasteiger partial charge in [0.2, 0.25) is 0 Å². The van der Waals surface area contributed by atoms with Gasteiger partial charge < -0.3 is 15.0 Å². The minimum absolute atomic E-state index is 0.0160. The van der Waals surface area contributed by atoms with E-state index in [1.54, 1.807) is 4.90 Å². The number of hydrogen-bond donors (Lipinski definition) is 1. The van der Waals surface area contributed by atoms with Gasteiger partial charge in [-0.05, 0) is 32.9 Å². The number of nitriles is 1. The molecule has 1 fully saturated rings. The molecule has 1 N–H and O–H groups in total. The number of amides is 1. The maximum Gasteiger partial charge on any atom is 0.266 e. The van der Waals surface area contributed by atoms with E-state index in [4.69, 9.17) is 4.74 Å². The van der Waals surface area contributed by atoms with Crippen molar-refractivity contribution in [2.24, 2.45) is 0 Å². The van der Waals surface area contributed by atoms with E-state index in [9.17, 15) is 10.1 Å². The number of carbonyl (C=O) groups is 1. The van der Waals surface area contributed by atoms with Crippen LogP contribution in [0.25, 0.3) is 0 Å². The summed E-state index contributed by atoms with van der Waals surface area (Å²) in [5.74, 6) is -0.260. The first-order valence-corrected chi connectivity index (χ1v) is 7.38. The highest BCUT2D eigenvalue weighted by molar-refractivity contribution is 5.97. The normalized spacial score (nSPS) is 22.1. The van der Waals surface area contributed by atoms with Gasteiger partial charge in [0.05, 0.1) is 12.2 Å². The van der Waals surface area contributed by atoms with Gasteiger partial charge in [-0.3, -0.25) is 4.79 Å².